The highest BCUT2D eigenvalue weighted by Crippen LogP contribution is 2.28. The maximum atomic E-state index is 12.9. The summed E-state index contributed by atoms with van der Waals surface area (Å²) in [4.78, 5) is 28.1. The monoisotopic (exact) mass is 376 g/mol. The van der Waals surface area contributed by atoms with E-state index in [4.69, 9.17) is 4.74 Å². The Labute approximate surface area is 159 Å². The maximum absolute atomic E-state index is 12.9. The number of nitrogens with zero attached hydrogens (tertiary/aromatic N) is 3. The molecule has 0 radical (unpaired) electrons. The fourth-order valence-electron chi connectivity index (χ4n) is 3.73. The largest absolute Gasteiger partial charge is 0.379 e. The number of carbonyl (C=O) groups is 1. The summed E-state index contributed by atoms with van der Waals surface area (Å²) in [5.74, 6) is -0.262. The molecule has 0 aromatic heterocycles. The maximum Gasteiger partial charge on any atom is 0.270 e. The lowest BCUT2D eigenvalue weighted by molar-refractivity contribution is -0.384. The summed E-state index contributed by atoms with van der Waals surface area (Å²) in [6.07, 6.45) is 2.14. The molecule has 8 nitrogen and oxygen atoms in total. The number of nitro benzene ring substituents is 1. The van der Waals surface area contributed by atoms with Crippen molar-refractivity contribution in [3.05, 3.63) is 33.9 Å². The Bertz CT molecular complexity index is 695. The molecule has 0 atom stereocenters. The van der Waals surface area contributed by atoms with Crippen LogP contribution in [-0.2, 0) is 4.74 Å². The quantitative estimate of drug-likeness (QED) is 0.604. The molecule has 2 aliphatic heterocycles. The first-order valence-electron chi connectivity index (χ1n) is 9.53. The fraction of sp³-hybridized carbons (Fsp3) is 0.632. The SMILES string of the molecule is CC(C)(CNC(=O)c1cc([N+](=O)[O-])ccc1N1CCCC1)N1CCOCC1. The van der Waals surface area contributed by atoms with Crippen molar-refractivity contribution in [2.45, 2.75) is 32.2 Å². The van der Waals surface area contributed by atoms with Gasteiger partial charge in [0.15, 0.2) is 0 Å². The minimum Gasteiger partial charge on any atom is -0.379 e. The topological polar surface area (TPSA) is 87.9 Å². The van der Waals surface area contributed by atoms with Crippen LogP contribution in [0, 0.1) is 10.1 Å². The van der Waals surface area contributed by atoms with Gasteiger partial charge in [-0.1, -0.05) is 0 Å². The molecule has 2 saturated heterocycles. The lowest BCUT2D eigenvalue weighted by Crippen LogP contribution is -2.55. The van der Waals surface area contributed by atoms with Gasteiger partial charge in [-0.3, -0.25) is 19.8 Å². The number of benzene rings is 1. The first-order valence-corrected chi connectivity index (χ1v) is 9.53. The molecule has 27 heavy (non-hydrogen) atoms. The van der Waals surface area contributed by atoms with E-state index in [1.54, 1.807) is 6.07 Å². The summed E-state index contributed by atoms with van der Waals surface area (Å²) >= 11 is 0. The molecule has 1 N–H and O–H groups in total. The molecule has 3 rings (SSSR count). The molecule has 0 aliphatic carbocycles. The molecule has 2 aliphatic rings. The predicted molar refractivity (Wildman–Crippen MR) is 103 cm³/mol. The van der Waals surface area contributed by atoms with Crippen LogP contribution in [0.1, 0.15) is 37.0 Å². The van der Waals surface area contributed by atoms with E-state index in [2.05, 4.69) is 29.0 Å². The molecule has 2 fully saturated rings. The van der Waals surface area contributed by atoms with Gasteiger partial charge in [0.1, 0.15) is 0 Å². The van der Waals surface area contributed by atoms with E-state index in [1.165, 1.54) is 12.1 Å². The highest BCUT2D eigenvalue weighted by atomic mass is 16.6. The van der Waals surface area contributed by atoms with Crippen molar-refractivity contribution in [2.24, 2.45) is 0 Å². The lowest BCUT2D eigenvalue weighted by atomic mass is 10.0. The zero-order valence-corrected chi connectivity index (χ0v) is 16.1. The van der Waals surface area contributed by atoms with E-state index < -0.39 is 4.92 Å². The number of rotatable bonds is 6. The molecule has 148 valence electrons. The van der Waals surface area contributed by atoms with Gasteiger partial charge in [-0.25, -0.2) is 0 Å². The second kappa shape index (κ2) is 8.22. The standard InChI is InChI=1S/C19H28N4O4/c1-19(2,22-9-11-27-12-10-22)14-20-18(24)16-13-15(23(25)26)5-6-17(16)21-7-3-4-8-21/h5-6,13H,3-4,7-12,14H2,1-2H3,(H,20,24). The average molecular weight is 376 g/mol. The Morgan fingerprint density at radius 1 is 1.22 bits per heavy atom. The first-order chi connectivity index (χ1) is 12.9. The molecule has 2 heterocycles. The highest BCUT2D eigenvalue weighted by Gasteiger charge is 2.30. The number of hydrogen-bond acceptors (Lipinski definition) is 6. The smallest absolute Gasteiger partial charge is 0.270 e. The number of hydrogen-bond donors (Lipinski definition) is 1. The second-order valence-electron chi connectivity index (χ2n) is 7.75. The van der Waals surface area contributed by atoms with Crippen molar-refractivity contribution < 1.29 is 14.5 Å². The first kappa shape index (κ1) is 19.6. The Hall–Kier alpha value is -2.19. The van der Waals surface area contributed by atoms with Crippen LogP contribution in [0.15, 0.2) is 18.2 Å². The molecule has 0 unspecified atom stereocenters. The van der Waals surface area contributed by atoms with Gasteiger partial charge in [0, 0.05) is 50.4 Å². The molecule has 1 amide bonds. The van der Waals surface area contributed by atoms with Gasteiger partial charge in [-0.05, 0) is 32.8 Å². The summed E-state index contributed by atoms with van der Waals surface area (Å²) in [5.41, 5.74) is 0.882. The van der Waals surface area contributed by atoms with Gasteiger partial charge in [-0.2, -0.15) is 0 Å². The highest BCUT2D eigenvalue weighted by molar-refractivity contribution is 6.00. The molecule has 0 spiro atoms. The molecule has 8 heteroatoms. The Balaban J connectivity index is 1.75. The molecular weight excluding hydrogens is 348 g/mol. The molecule has 1 aromatic rings. The van der Waals surface area contributed by atoms with E-state index in [9.17, 15) is 14.9 Å². The minimum absolute atomic E-state index is 0.0597. The van der Waals surface area contributed by atoms with Crippen LogP contribution in [0.4, 0.5) is 11.4 Å². The van der Waals surface area contributed by atoms with Gasteiger partial charge < -0.3 is 15.0 Å². The van der Waals surface area contributed by atoms with Gasteiger partial charge in [0.25, 0.3) is 11.6 Å². The molecule has 0 bridgehead atoms. The van der Waals surface area contributed by atoms with Crippen LogP contribution in [0.3, 0.4) is 0 Å². The van der Waals surface area contributed by atoms with Crippen LogP contribution in [0.25, 0.3) is 0 Å². The Morgan fingerprint density at radius 3 is 2.52 bits per heavy atom. The van der Waals surface area contributed by atoms with E-state index in [0.29, 0.717) is 25.3 Å². The Morgan fingerprint density at radius 2 is 1.89 bits per heavy atom. The van der Waals surface area contributed by atoms with E-state index in [0.717, 1.165) is 44.7 Å². The molecule has 0 saturated carbocycles. The summed E-state index contributed by atoms with van der Waals surface area (Å²) in [5, 5.41) is 14.2. The third-order valence-corrected chi connectivity index (χ3v) is 5.43. The van der Waals surface area contributed by atoms with Crippen LogP contribution >= 0.6 is 0 Å². The number of non-ortho nitro benzene ring substituents is 1. The number of carbonyl (C=O) groups excluding carboxylic acids is 1. The third kappa shape index (κ3) is 4.56. The average Bonchev–Trinajstić information content (AvgIpc) is 3.21. The minimum atomic E-state index is -0.456. The normalized spacial score (nSPS) is 18.5. The van der Waals surface area contributed by atoms with Crippen LogP contribution < -0.4 is 10.2 Å². The van der Waals surface area contributed by atoms with Gasteiger partial charge in [0.05, 0.1) is 29.4 Å². The number of ether oxygens (including phenoxy) is 1. The van der Waals surface area contributed by atoms with Crippen LogP contribution in [-0.4, -0.2) is 67.2 Å². The van der Waals surface area contributed by atoms with Crippen molar-refractivity contribution in [1.82, 2.24) is 10.2 Å². The fourth-order valence-corrected chi connectivity index (χ4v) is 3.73. The van der Waals surface area contributed by atoms with Gasteiger partial charge >= 0.3 is 0 Å². The van der Waals surface area contributed by atoms with Crippen molar-refractivity contribution >= 4 is 17.3 Å². The van der Waals surface area contributed by atoms with Crippen LogP contribution in [0.5, 0.6) is 0 Å². The summed E-state index contributed by atoms with van der Waals surface area (Å²) in [6, 6.07) is 4.57. The second-order valence-corrected chi connectivity index (χ2v) is 7.75. The number of nitro groups is 1. The van der Waals surface area contributed by atoms with Gasteiger partial charge in [-0.15, -0.1) is 0 Å². The zero-order valence-electron chi connectivity index (χ0n) is 16.1. The van der Waals surface area contributed by atoms with Crippen molar-refractivity contribution in [3.8, 4) is 0 Å². The lowest BCUT2D eigenvalue weighted by Gasteiger charge is -2.40. The van der Waals surface area contributed by atoms with Gasteiger partial charge in [0.2, 0.25) is 0 Å². The zero-order chi connectivity index (χ0) is 19.4. The third-order valence-electron chi connectivity index (χ3n) is 5.43. The van der Waals surface area contributed by atoms with Crippen LogP contribution in [0.2, 0.25) is 0 Å². The van der Waals surface area contributed by atoms with E-state index in [-0.39, 0.29) is 17.1 Å². The molecule has 1 aromatic carbocycles. The number of morpholine rings is 1. The van der Waals surface area contributed by atoms with E-state index >= 15 is 0 Å². The predicted octanol–water partition coefficient (Wildman–Crippen LogP) is 2.04. The Kier molecular flexibility index (Phi) is 5.96. The summed E-state index contributed by atoms with van der Waals surface area (Å²) < 4.78 is 5.40. The number of amides is 1. The van der Waals surface area contributed by atoms with Crippen molar-refractivity contribution in [1.29, 1.82) is 0 Å². The van der Waals surface area contributed by atoms with E-state index in [1.807, 2.05) is 0 Å². The van der Waals surface area contributed by atoms with Crippen molar-refractivity contribution in [2.75, 3.05) is 50.8 Å². The number of anilines is 1. The molecular formula is C19H28N4O4. The summed E-state index contributed by atoms with van der Waals surface area (Å²) in [7, 11) is 0. The number of nitrogens with one attached hydrogen (secondary N) is 1. The van der Waals surface area contributed by atoms with Crippen molar-refractivity contribution in [3.63, 3.8) is 0 Å². The summed E-state index contributed by atoms with van der Waals surface area (Å²) in [6.45, 7) is 9.45.